The average Bonchev–Trinajstić information content (AvgIpc) is 2.25. The van der Waals surface area contributed by atoms with Crippen molar-refractivity contribution in [3.63, 3.8) is 0 Å². The summed E-state index contributed by atoms with van der Waals surface area (Å²) in [5.41, 5.74) is 0. The minimum atomic E-state index is -1.88. The summed E-state index contributed by atoms with van der Waals surface area (Å²) in [7, 11) is 0. The summed E-state index contributed by atoms with van der Waals surface area (Å²) in [6, 6.07) is 0. The highest BCUT2D eigenvalue weighted by atomic mass is 16.4. The molecule has 0 amide bonds. The fourth-order valence-electron chi connectivity index (χ4n) is 1.02. The predicted molar refractivity (Wildman–Crippen MR) is 47.8 cm³/mol. The molecule has 0 fully saturated rings. The monoisotopic (exact) mass is 224 g/mol. The Kier molecular flexibility index (Phi) is 6.57. The van der Waals surface area contributed by atoms with Crippen LogP contribution < -0.4 is 0 Å². The second kappa shape index (κ2) is 6.83. The topological polar surface area (TPSA) is 138 Å². The summed E-state index contributed by atoms with van der Waals surface area (Å²) in [6.07, 6.45) is -8.98. The molecule has 90 valence electrons. The van der Waals surface area contributed by atoms with Gasteiger partial charge >= 0.3 is 0 Å². The smallest absolute Gasteiger partial charge is 0.151 e. The van der Waals surface area contributed by atoms with Crippen LogP contribution in [0.3, 0.4) is 0 Å². The van der Waals surface area contributed by atoms with Crippen molar-refractivity contribution < 1.29 is 35.4 Å². The summed E-state index contributed by atoms with van der Waals surface area (Å²) in [5.74, 6) is 0. The zero-order valence-electron chi connectivity index (χ0n) is 7.97. The van der Waals surface area contributed by atoms with Crippen molar-refractivity contribution in [2.24, 2.45) is 0 Å². The van der Waals surface area contributed by atoms with Crippen molar-refractivity contribution in [1.29, 1.82) is 0 Å². The van der Waals surface area contributed by atoms with Crippen molar-refractivity contribution in [3.05, 3.63) is 0 Å². The fraction of sp³-hybridized carbons (Fsp3) is 0.875. The van der Waals surface area contributed by atoms with Gasteiger partial charge < -0.3 is 35.4 Å². The molecule has 0 aliphatic carbocycles. The molecule has 0 saturated heterocycles. The Hall–Kier alpha value is -0.570. The molecule has 1 unspecified atom stereocenters. The lowest BCUT2D eigenvalue weighted by molar-refractivity contribution is -0.145. The van der Waals surface area contributed by atoms with Crippen LogP contribution in [0.4, 0.5) is 0 Å². The molecule has 0 radical (unpaired) electrons. The van der Waals surface area contributed by atoms with Crippen molar-refractivity contribution in [3.8, 4) is 0 Å². The van der Waals surface area contributed by atoms with Crippen LogP contribution >= 0.6 is 0 Å². The predicted octanol–water partition coefficient (Wildman–Crippen LogP) is -3.63. The Labute approximate surface area is 86.2 Å². The largest absolute Gasteiger partial charge is 0.396 e. The Morgan fingerprint density at radius 3 is 1.87 bits per heavy atom. The number of rotatable bonds is 7. The van der Waals surface area contributed by atoms with Crippen LogP contribution in [-0.4, -0.2) is 74.1 Å². The van der Waals surface area contributed by atoms with Crippen LogP contribution in [0, 0.1) is 0 Å². The molecule has 0 aromatic rings. The normalized spacial score (nSPS) is 21.5. The number of carbonyl (C=O) groups is 1. The summed E-state index contributed by atoms with van der Waals surface area (Å²) >= 11 is 0. The SMILES string of the molecule is O=C[C@H](O)[C@@H](O)[C@H](O)[C@H](O)C(O)CCO. The van der Waals surface area contributed by atoms with Gasteiger partial charge in [-0.25, -0.2) is 0 Å². The van der Waals surface area contributed by atoms with E-state index in [0.717, 1.165) is 0 Å². The first kappa shape index (κ1) is 14.4. The molecular formula is C8H16O7. The molecule has 0 heterocycles. The third kappa shape index (κ3) is 4.20. The highest BCUT2D eigenvalue weighted by Crippen LogP contribution is 2.09. The van der Waals surface area contributed by atoms with E-state index in [0.29, 0.717) is 0 Å². The maximum Gasteiger partial charge on any atom is 0.151 e. The lowest BCUT2D eigenvalue weighted by atomic mass is 9.98. The highest BCUT2D eigenvalue weighted by Gasteiger charge is 2.33. The maximum absolute atomic E-state index is 10.1. The zero-order chi connectivity index (χ0) is 12.0. The molecule has 7 heteroatoms. The lowest BCUT2D eigenvalue weighted by Gasteiger charge is -2.27. The number of hydrogen-bond acceptors (Lipinski definition) is 7. The Bertz CT molecular complexity index is 186. The Morgan fingerprint density at radius 1 is 0.933 bits per heavy atom. The van der Waals surface area contributed by atoms with E-state index in [1.165, 1.54) is 0 Å². The summed E-state index contributed by atoms with van der Waals surface area (Å²) < 4.78 is 0. The molecule has 6 N–H and O–H groups in total. The Balaban J connectivity index is 4.28. The summed E-state index contributed by atoms with van der Waals surface area (Å²) in [4.78, 5) is 10.1. The van der Waals surface area contributed by atoms with E-state index in [-0.39, 0.29) is 12.7 Å². The van der Waals surface area contributed by atoms with Gasteiger partial charge in [0.15, 0.2) is 6.29 Å². The average molecular weight is 224 g/mol. The van der Waals surface area contributed by atoms with Gasteiger partial charge in [0.1, 0.15) is 24.4 Å². The number of aliphatic hydroxyl groups excluding tert-OH is 6. The molecule has 7 nitrogen and oxygen atoms in total. The molecule has 0 aromatic heterocycles. The van der Waals surface area contributed by atoms with E-state index in [2.05, 4.69) is 0 Å². The van der Waals surface area contributed by atoms with Gasteiger partial charge in [0.05, 0.1) is 6.10 Å². The van der Waals surface area contributed by atoms with Crippen molar-refractivity contribution >= 4 is 6.29 Å². The third-order valence-corrected chi connectivity index (χ3v) is 2.01. The first-order valence-electron chi connectivity index (χ1n) is 4.42. The molecule has 0 rings (SSSR count). The number of aliphatic hydroxyl groups is 6. The van der Waals surface area contributed by atoms with Crippen LogP contribution in [0.25, 0.3) is 0 Å². The van der Waals surface area contributed by atoms with E-state index >= 15 is 0 Å². The van der Waals surface area contributed by atoms with Crippen LogP contribution in [0.5, 0.6) is 0 Å². The molecule has 5 atom stereocenters. The van der Waals surface area contributed by atoms with Gasteiger partial charge in [-0.3, -0.25) is 0 Å². The molecule has 0 aliphatic heterocycles. The fourth-order valence-corrected chi connectivity index (χ4v) is 1.02. The van der Waals surface area contributed by atoms with Gasteiger partial charge in [0, 0.05) is 6.61 Å². The van der Waals surface area contributed by atoms with Crippen LogP contribution in [0.15, 0.2) is 0 Å². The maximum atomic E-state index is 10.1. The first-order valence-corrected chi connectivity index (χ1v) is 4.42. The van der Waals surface area contributed by atoms with Crippen molar-refractivity contribution in [1.82, 2.24) is 0 Å². The van der Waals surface area contributed by atoms with Crippen LogP contribution in [-0.2, 0) is 4.79 Å². The minimum absolute atomic E-state index is 0.000962. The van der Waals surface area contributed by atoms with E-state index in [1.807, 2.05) is 0 Å². The van der Waals surface area contributed by atoms with E-state index in [1.54, 1.807) is 0 Å². The molecule has 0 aliphatic rings. The van der Waals surface area contributed by atoms with Crippen LogP contribution in [0.1, 0.15) is 6.42 Å². The minimum Gasteiger partial charge on any atom is -0.396 e. The van der Waals surface area contributed by atoms with Gasteiger partial charge in [-0.1, -0.05) is 0 Å². The Morgan fingerprint density at radius 2 is 1.47 bits per heavy atom. The van der Waals surface area contributed by atoms with Crippen LogP contribution in [0.2, 0.25) is 0 Å². The third-order valence-electron chi connectivity index (χ3n) is 2.01. The van der Waals surface area contributed by atoms with Crippen molar-refractivity contribution in [2.45, 2.75) is 36.9 Å². The summed E-state index contributed by atoms with van der Waals surface area (Å²) in [5, 5.41) is 54.0. The molecule has 0 bridgehead atoms. The van der Waals surface area contributed by atoms with Gasteiger partial charge in [-0.05, 0) is 6.42 Å². The second-order valence-corrected chi connectivity index (χ2v) is 3.18. The van der Waals surface area contributed by atoms with E-state index in [4.69, 9.17) is 20.4 Å². The van der Waals surface area contributed by atoms with Gasteiger partial charge in [0.2, 0.25) is 0 Å². The molecule has 0 aromatic carbocycles. The van der Waals surface area contributed by atoms with Gasteiger partial charge in [-0.15, -0.1) is 0 Å². The van der Waals surface area contributed by atoms with Gasteiger partial charge in [0.25, 0.3) is 0 Å². The quantitative estimate of drug-likeness (QED) is 0.245. The van der Waals surface area contributed by atoms with E-state index in [9.17, 15) is 15.0 Å². The highest BCUT2D eigenvalue weighted by molar-refractivity contribution is 5.56. The number of carbonyl (C=O) groups excluding carboxylic acids is 1. The zero-order valence-corrected chi connectivity index (χ0v) is 7.97. The molecule has 0 saturated carbocycles. The van der Waals surface area contributed by atoms with Gasteiger partial charge in [-0.2, -0.15) is 0 Å². The van der Waals surface area contributed by atoms with E-state index < -0.39 is 37.1 Å². The molecular weight excluding hydrogens is 208 g/mol. The standard InChI is InChI=1S/C8H16O7/c9-2-1-4(11)6(13)8(15)7(14)5(12)3-10/h3-9,11-15H,1-2H2/t4?,5-,6+,7+,8+/m0/s1. The molecule has 0 spiro atoms. The second-order valence-electron chi connectivity index (χ2n) is 3.18. The molecule has 15 heavy (non-hydrogen) atoms. The summed E-state index contributed by atoms with van der Waals surface area (Å²) in [6.45, 7) is -0.405. The number of hydrogen-bond donors (Lipinski definition) is 6. The van der Waals surface area contributed by atoms with Crippen molar-refractivity contribution in [2.75, 3.05) is 6.61 Å². The first-order chi connectivity index (χ1) is 6.95. The lowest BCUT2D eigenvalue weighted by Crippen LogP contribution is -2.49. The number of aldehydes is 1.